The van der Waals surface area contributed by atoms with Crippen LogP contribution in [0.4, 0.5) is 0 Å². The highest BCUT2D eigenvalue weighted by atomic mass is 32.2. The molecule has 18 heavy (non-hydrogen) atoms. The number of rotatable bonds is 4. The van der Waals surface area contributed by atoms with E-state index in [1.54, 1.807) is 0 Å². The van der Waals surface area contributed by atoms with Crippen molar-refractivity contribution in [1.29, 1.82) is 0 Å². The molecule has 2 saturated heterocycles. The third-order valence-electron chi connectivity index (χ3n) is 3.37. The minimum Gasteiger partial charge on any atom is -0.340 e. The van der Waals surface area contributed by atoms with Crippen LogP contribution in [0.25, 0.3) is 0 Å². The summed E-state index contributed by atoms with van der Waals surface area (Å²) in [6.45, 7) is 6.13. The maximum atomic E-state index is 12.4. The average Bonchev–Trinajstić information content (AvgIpc) is 2.35. The lowest BCUT2D eigenvalue weighted by Crippen LogP contribution is -2.54. The number of amides is 1. The van der Waals surface area contributed by atoms with E-state index in [0.29, 0.717) is 17.2 Å². The van der Waals surface area contributed by atoms with E-state index in [1.807, 2.05) is 23.5 Å². The third-order valence-corrected chi connectivity index (χ3v) is 6.20. The van der Waals surface area contributed by atoms with Crippen LogP contribution in [0.15, 0.2) is 0 Å². The molecule has 2 heterocycles. The second-order valence-electron chi connectivity index (χ2n) is 5.37. The number of carbonyl (C=O) groups excluding carboxylic acids is 1. The highest BCUT2D eigenvalue weighted by Gasteiger charge is 2.30. The fourth-order valence-corrected chi connectivity index (χ4v) is 5.25. The van der Waals surface area contributed by atoms with Crippen LogP contribution in [0.3, 0.4) is 0 Å². The van der Waals surface area contributed by atoms with Crippen LogP contribution in [0.5, 0.6) is 0 Å². The van der Waals surface area contributed by atoms with E-state index in [1.165, 1.54) is 17.3 Å². The summed E-state index contributed by atoms with van der Waals surface area (Å²) in [6.07, 6.45) is 2.14. The molecule has 0 spiro atoms. The number of thioether (sulfide) groups is 2. The van der Waals surface area contributed by atoms with Crippen molar-refractivity contribution in [2.75, 3.05) is 30.3 Å². The predicted octanol–water partition coefficient (Wildman–Crippen LogP) is 1.82. The van der Waals surface area contributed by atoms with Crippen LogP contribution in [0.2, 0.25) is 0 Å². The van der Waals surface area contributed by atoms with Gasteiger partial charge in [-0.1, -0.05) is 13.8 Å². The molecule has 1 amide bonds. The van der Waals surface area contributed by atoms with Gasteiger partial charge in [0.25, 0.3) is 0 Å². The second-order valence-corrected chi connectivity index (χ2v) is 7.93. The van der Waals surface area contributed by atoms with Crippen molar-refractivity contribution in [2.45, 2.75) is 44.0 Å². The Hall–Kier alpha value is 0.130. The molecule has 0 aliphatic carbocycles. The fourth-order valence-electron chi connectivity index (χ4n) is 2.57. The van der Waals surface area contributed by atoms with E-state index < -0.39 is 0 Å². The van der Waals surface area contributed by atoms with Gasteiger partial charge in [-0.25, -0.2) is 0 Å². The standard InChI is InChI=1S/C13H24N2OS2/c1-10(2)14-12-4-3-5-15(13(12)16)8-11-9-17-6-7-18-11/h10-12,14H,3-9H2,1-2H3. The Morgan fingerprint density at radius 2 is 2.28 bits per heavy atom. The number of carbonyl (C=O) groups is 1. The van der Waals surface area contributed by atoms with Crippen molar-refractivity contribution in [3.63, 3.8) is 0 Å². The molecule has 2 aliphatic heterocycles. The van der Waals surface area contributed by atoms with Gasteiger partial charge in [0.15, 0.2) is 0 Å². The van der Waals surface area contributed by atoms with Crippen molar-refractivity contribution >= 4 is 29.4 Å². The molecule has 3 nitrogen and oxygen atoms in total. The quantitative estimate of drug-likeness (QED) is 0.855. The number of hydrogen-bond acceptors (Lipinski definition) is 4. The van der Waals surface area contributed by atoms with Crippen molar-refractivity contribution in [3.05, 3.63) is 0 Å². The van der Waals surface area contributed by atoms with Gasteiger partial charge in [-0.3, -0.25) is 4.79 Å². The number of hydrogen-bond donors (Lipinski definition) is 1. The highest BCUT2D eigenvalue weighted by molar-refractivity contribution is 8.06. The molecule has 0 aromatic rings. The van der Waals surface area contributed by atoms with E-state index in [4.69, 9.17) is 0 Å². The molecule has 2 unspecified atom stereocenters. The van der Waals surface area contributed by atoms with Crippen LogP contribution in [0.1, 0.15) is 26.7 Å². The molecule has 2 aliphatic rings. The molecule has 2 fully saturated rings. The summed E-state index contributed by atoms with van der Waals surface area (Å²) >= 11 is 4.07. The van der Waals surface area contributed by atoms with Crippen molar-refractivity contribution in [1.82, 2.24) is 10.2 Å². The first-order valence-corrected chi connectivity index (χ1v) is 9.11. The molecule has 1 N–H and O–H groups in total. The zero-order valence-electron chi connectivity index (χ0n) is 11.4. The van der Waals surface area contributed by atoms with Crippen LogP contribution < -0.4 is 5.32 Å². The van der Waals surface area contributed by atoms with Gasteiger partial charge in [0, 0.05) is 41.6 Å². The van der Waals surface area contributed by atoms with Crippen molar-refractivity contribution in [3.8, 4) is 0 Å². The first-order chi connectivity index (χ1) is 8.66. The smallest absolute Gasteiger partial charge is 0.239 e. The summed E-state index contributed by atoms with van der Waals surface area (Å²) in [5.41, 5.74) is 0. The van der Waals surface area contributed by atoms with Crippen LogP contribution in [0, 0.1) is 0 Å². The van der Waals surface area contributed by atoms with Gasteiger partial charge >= 0.3 is 0 Å². The molecule has 0 radical (unpaired) electrons. The molecular formula is C13H24N2OS2. The van der Waals surface area contributed by atoms with E-state index >= 15 is 0 Å². The van der Waals surface area contributed by atoms with E-state index in [0.717, 1.165) is 25.9 Å². The summed E-state index contributed by atoms with van der Waals surface area (Å²) in [7, 11) is 0. The lowest BCUT2D eigenvalue weighted by atomic mass is 10.0. The van der Waals surface area contributed by atoms with E-state index in [2.05, 4.69) is 24.1 Å². The lowest BCUT2D eigenvalue weighted by Gasteiger charge is -2.36. The molecule has 0 aromatic carbocycles. The minimum atomic E-state index is 0.0555. The Balaban J connectivity index is 1.85. The summed E-state index contributed by atoms with van der Waals surface area (Å²) in [4.78, 5) is 14.5. The Morgan fingerprint density at radius 1 is 1.44 bits per heavy atom. The Morgan fingerprint density at radius 3 is 2.94 bits per heavy atom. The van der Waals surface area contributed by atoms with E-state index in [9.17, 15) is 4.79 Å². The number of likely N-dealkylation sites (tertiary alicyclic amines) is 1. The minimum absolute atomic E-state index is 0.0555. The second kappa shape index (κ2) is 7.06. The molecule has 104 valence electrons. The van der Waals surface area contributed by atoms with Gasteiger partial charge in [0.05, 0.1) is 6.04 Å². The molecule has 2 atom stereocenters. The maximum absolute atomic E-state index is 12.4. The van der Waals surface area contributed by atoms with E-state index in [-0.39, 0.29) is 6.04 Å². The topological polar surface area (TPSA) is 32.3 Å². The van der Waals surface area contributed by atoms with Gasteiger partial charge in [0.1, 0.15) is 0 Å². The van der Waals surface area contributed by atoms with Crippen LogP contribution >= 0.6 is 23.5 Å². The molecule has 2 rings (SSSR count). The number of nitrogens with zero attached hydrogens (tertiary/aromatic N) is 1. The summed E-state index contributed by atoms with van der Waals surface area (Å²) in [5, 5.41) is 4.04. The number of piperidine rings is 1. The van der Waals surface area contributed by atoms with Gasteiger partial charge < -0.3 is 10.2 Å². The van der Waals surface area contributed by atoms with Crippen LogP contribution in [-0.4, -0.2) is 58.5 Å². The Bertz CT molecular complexity index is 280. The summed E-state index contributed by atoms with van der Waals surface area (Å²) < 4.78 is 0. The van der Waals surface area contributed by atoms with Crippen LogP contribution in [-0.2, 0) is 4.79 Å². The molecule has 5 heteroatoms. The van der Waals surface area contributed by atoms with Crippen molar-refractivity contribution < 1.29 is 4.79 Å². The molecule has 0 saturated carbocycles. The molecule has 0 aromatic heterocycles. The monoisotopic (exact) mass is 288 g/mol. The third kappa shape index (κ3) is 4.07. The average molecular weight is 288 g/mol. The fraction of sp³-hybridized carbons (Fsp3) is 0.923. The Kier molecular flexibility index (Phi) is 5.70. The van der Waals surface area contributed by atoms with Gasteiger partial charge in [0.2, 0.25) is 5.91 Å². The molecular weight excluding hydrogens is 264 g/mol. The summed E-state index contributed by atoms with van der Waals surface area (Å²) in [5.74, 6) is 4.04. The zero-order chi connectivity index (χ0) is 13.0. The maximum Gasteiger partial charge on any atom is 0.239 e. The van der Waals surface area contributed by atoms with Gasteiger partial charge in [-0.2, -0.15) is 23.5 Å². The number of nitrogens with one attached hydrogen (secondary N) is 1. The SMILES string of the molecule is CC(C)NC1CCCN(CC2CSCCS2)C1=O. The summed E-state index contributed by atoms with van der Waals surface area (Å²) in [6, 6.07) is 0.443. The van der Waals surface area contributed by atoms with Crippen molar-refractivity contribution in [2.24, 2.45) is 0 Å². The van der Waals surface area contributed by atoms with Gasteiger partial charge in [-0.15, -0.1) is 0 Å². The largest absolute Gasteiger partial charge is 0.340 e. The zero-order valence-corrected chi connectivity index (χ0v) is 13.0. The first-order valence-electron chi connectivity index (χ1n) is 6.91. The van der Waals surface area contributed by atoms with Gasteiger partial charge in [-0.05, 0) is 12.8 Å². The lowest BCUT2D eigenvalue weighted by molar-refractivity contribution is -0.136. The Labute approximate surface area is 119 Å². The highest BCUT2D eigenvalue weighted by Crippen LogP contribution is 2.25. The molecule has 0 bridgehead atoms. The predicted molar refractivity (Wildman–Crippen MR) is 81.4 cm³/mol. The first kappa shape index (κ1) is 14.5. The normalized spacial score (nSPS) is 29.9.